The molecule has 1 aliphatic heterocycles. The summed E-state index contributed by atoms with van der Waals surface area (Å²) in [5, 5.41) is 16.4. The monoisotopic (exact) mass is 361 g/mol. The van der Waals surface area contributed by atoms with Crippen molar-refractivity contribution in [2.45, 2.75) is 52.1 Å². The van der Waals surface area contributed by atoms with E-state index in [4.69, 9.17) is 0 Å². The highest BCUT2D eigenvalue weighted by atomic mass is 16.6. The third-order valence-corrected chi connectivity index (χ3v) is 4.91. The number of carbonyl (C=O) groups excluding carboxylic acids is 1. The van der Waals surface area contributed by atoms with E-state index in [9.17, 15) is 4.79 Å². The summed E-state index contributed by atoms with van der Waals surface area (Å²) in [6, 6.07) is 0. The van der Waals surface area contributed by atoms with Crippen LogP contribution in [-0.2, 0) is 24.3 Å². The van der Waals surface area contributed by atoms with Gasteiger partial charge >= 0.3 is 0 Å². The van der Waals surface area contributed by atoms with Gasteiger partial charge in [0.05, 0.1) is 13.0 Å². The van der Waals surface area contributed by atoms with Gasteiger partial charge in [0.2, 0.25) is 5.91 Å². The summed E-state index contributed by atoms with van der Waals surface area (Å²) in [6.07, 6.45) is 2.06. The van der Waals surface area contributed by atoms with Gasteiger partial charge in [-0.25, -0.2) is 4.63 Å². The van der Waals surface area contributed by atoms with Gasteiger partial charge in [-0.3, -0.25) is 4.79 Å². The highest BCUT2D eigenvalue weighted by Gasteiger charge is 2.28. The Kier molecular flexibility index (Phi) is 5.65. The van der Waals surface area contributed by atoms with Crippen molar-refractivity contribution in [3.8, 4) is 0 Å². The maximum absolute atomic E-state index is 12.5. The molecular weight excluding hydrogens is 334 g/mol. The summed E-state index contributed by atoms with van der Waals surface area (Å²) in [5.74, 6) is 2.47. The second kappa shape index (κ2) is 7.94. The maximum Gasteiger partial charge on any atom is 0.228 e. The molecule has 9 nitrogen and oxygen atoms in total. The Morgan fingerprint density at radius 1 is 1.23 bits per heavy atom. The van der Waals surface area contributed by atoms with Crippen LogP contribution in [0.1, 0.15) is 48.7 Å². The minimum Gasteiger partial charge on any atom is -0.342 e. The Morgan fingerprint density at radius 2 is 1.96 bits per heavy atom. The van der Waals surface area contributed by atoms with Gasteiger partial charge < -0.3 is 14.4 Å². The fraction of sp³-hybridized carbons (Fsp3) is 0.706. The van der Waals surface area contributed by atoms with E-state index in [-0.39, 0.29) is 12.3 Å². The molecule has 0 unspecified atom stereocenters. The van der Waals surface area contributed by atoms with Gasteiger partial charge in [0.1, 0.15) is 23.0 Å². The zero-order valence-electron chi connectivity index (χ0n) is 16.0. The van der Waals surface area contributed by atoms with E-state index in [0.717, 1.165) is 50.7 Å². The molecule has 0 bridgehead atoms. The van der Waals surface area contributed by atoms with Crippen LogP contribution >= 0.6 is 0 Å². The molecule has 0 spiro atoms. The molecule has 0 aliphatic carbocycles. The quantitative estimate of drug-likeness (QED) is 0.758. The highest BCUT2D eigenvalue weighted by Crippen LogP contribution is 2.28. The van der Waals surface area contributed by atoms with Gasteiger partial charge in [-0.1, -0.05) is 10.3 Å². The van der Waals surface area contributed by atoms with Crippen LogP contribution in [-0.4, -0.2) is 68.0 Å². The first-order chi connectivity index (χ1) is 12.5. The highest BCUT2D eigenvalue weighted by molar-refractivity contribution is 5.78. The van der Waals surface area contributed by atoms with E-state index >= 15 is 0 Å². The number of piperidine rings is 1. The van der Waals surface area contributed by atoms with E-state index in [1.54, 1.807) is 6.92 Å². The zero-order chi connectivity index (χ0) is 18.7. The van der Waals surface area contributed by atoms with E-state index in [2.05, 4.69) is 41.5 Å². The number of nitrogens with zero attached hydrogens (tertiary/aromatic N) is 7. The summed E-state index contributed by atoms with van der Waals surface area (Å²) in [5.41, 5.74) is 1.30. The van der Waals surface area contributed by atoms with E-state index in [1.807, 2.05) is 19.0 Å². The number of hydrogen-bond donors (Lipinski definition) is 0. The minimum atomic E-state index is 0.0764. The molecule has 1 amide bonds. The van der Waals surface area contributed by atoms with Gasteiger partial charge in [-0.15, -0.1) is 10.2 Å². The third kappa shape index (κ3) is 3.92. The molecule has 0 aromatic carbocycles. The summed E-state index contributed by atoms with van der Waals surface area (Å²) in [6.45, 7) is 7.03. The van der Waals surface area contributed by atoms with Crippen molar-refractivity contribution in [3.05, 3.63) is 23.0 Å². The molecule has 1 saturated heterocycles. The van der Waals surface area contributed by atoms with Crippen molar-refractivity contribution in [3.63, 3.8) is 0 Å². The number of likely N-dealkylation sites (tertiary alicyclic amines) is 1. The summed E-state index contributed by atoms with van der Waals surface area (Å²) >= 11 is 0. The SMILES string of the molecule is CCn1c(CN(C)C)nnc1C1CCN(C(=O)Cc2nonc2C)CC1. The molecule has 0 atom stereocenters. The Hall–Kier alpha value is -2.29. The molecular formula is C17H27N7O2. The van der Waals surface area contributed by atoms with Crippen LogP contribution in [0, 0.1) is 6.92 Å². The third-order valence-electron chi connectivity index (χ3n) is 4.91. The smallest absolute Gasteiger partial charge is 0.228 e. The molecule has 3 heterocycles. The van der Waals surface area contributed by atoms with Gasteiger partial charge in [0.15, 0.2) is 0 Å². The standard InChI is InChI=1S/C17H27N7O2/c1-5-24-15(11-22(3)4)18-19-17(24)13-6-8-23(9-7-13)16(25)10-14-12(2)20-26-21-14/h13H,5-11H2,1-4H3. The van der Waals surface area contributed by atoms with Crippen molar-refractivity contribution < 1.29 is 9.42 Å². The van der Waals surface area contributed by atoms with Crippen LogP contribution < -0.4 is 0 Å². The predicted molar refractivity (Wildman–Crippen MR) is 94.4 cm³/mol. The topological polar surface area (TPSA) is 93.2 Å². The lowest BCUT2D eigenvalue weighted by atomic mass is 9.95. The number of rotatable bonds is 6. The zero-order valence-corrected chi connectivity index (χ0v) is 16.0. The molecule has 26 heavy (non-hydrogen) atoms. The maximum atomic E-state index is 12.5. The Balaban J connectivity index is 1.61. The van der Waals surface area contributed by atoms with Crippen molar-refractivity contribution in [2.75, 3.05) is 27.2 Å². The molecule has 3 rings (SSSR count). The van der Waals surface area contributed by atoms with Crippen LogP contribution in [0.25, 0.3) is 0 Å². The van der Waals surface area contributed by atoms with Gasteiger partial charge in [0.25, 0.3) is 0 Å². The minimum absolute atomic E-state index is 0.0764. The molecule has 9 heteroatoms. The van der Waals surface area contributed by atoms with E-state index in [1.165, 1.54) is 0 Å². The lowest BCUT2D eigenvalue weighted by Gasteiger charge is -2.31. The van der Waals surface area contributed by atoms with Gasteiger partial charge in [-0.2, -0.15) is 0 Å². The van der Waals surface area contributed by atoms with E-state index < -0.39 is 0 Å². The summed E-state index contributed by atoms with van der Waals surface area (Å²) < 4.78 is 6.89. The number of aryl methyl sites for hydroxylation is 1. The molecule has 142 valence electrons. The molecule has 0 saturated carbocycles. The normalized spacial score (nSPS) is 15.8. The Labute approximate surface area is 153 Å². The number of carbonyl (C=O) groups is 1. The van der Waals surface area contributed by atoms with E-state index in [0.29, 0.717) is 17.3 Å². The number of amides is 1. The molecule has 1 fully saturated rings. The Bertz CT molecular complexity index is 744. The van der Waals surface area contributed by atoms with Crippen LogP contribution in [0.15, 0.2) is 4.63 Å². The largest absolute Gasteiger partial charge is 0.342 e. The Morgan fingerprint density at radius 3 is 2.54 bits per heavy atom. The number of hydrogen-bond acceptors (Lipinski definition) is 7. The van der Waals surface area contributed by atoms with Gasteiger partial charge in [-0.05, 0) is 40.8 Å². The lowest BCUT2D eigenvalue weighted by Crippen LogP contribution is -2.39. The first-order valence-corrected chi connectivity index (χ1v) is 9.12. The second-order valence-corrected chi connectivity index (χ2v) is 7.08. The average Bonchev–Trinajstić information content (AvgIpc) is 3.20. The molecule has 2 aromatic heterocycles. The van der Waals surface area contributed by atoms with Crippen molar-refractivity contribution >= 4 is 5.91 Å². The molecule has 2 aromatic rings. The molecule has 0 N–H and O–H groups in total. The van der Waals surface area contributed by atoms with Crippen molar-refractivity contribution in [1.82, 2.24) is 34.9 Å². The van der Waals surface area contributed by atoms with Crippen LogP contribution in [0.5, 0.6) is 0 Å². The fourth-order valence-electron chi connectivity index (χ4n) is 3.45. The fourth-order valence-corrected chi connectivity index (χ4v) is 3.45. The molecule has 1 aliphatic rings. The first-order valence-electron chi connectivity index (χ1n) is 9.12. The second-order valence-electron chi connectivity index (χ2n) is 7.08. The van der Waals surface area contributed by atoms with Crippen LogP contribution in [0.3, 0.4) is 0 Å². The number of aromatic nitrogens is 5. The average molecular weight is 361 g/mol. The summed E-state index contributed by atoms with van der Waals surface area (Å²) in [4.78, 5) is 16.5. The first kappa shape index (κ1) is 18.5. The van der Waals surface area contributed by atoms with Crippen LogP contribution in [0.4, 0.5) is 0 Å². The van der Waals surface area contributed by atoms with Crippen molar-refractivity contribution in [2.24, 2.45) is 0 Å². The molecule has 0 radical (unpaired) electrons. The van der Waals surface area contributed by atoms with Gasteiger partial charge in [0, 0.05) is 25.6 Å². The predicted octanol–water partition coefficient (Wildman–Crippen LogP) is 1.000. The summed E-state index contributed by atoms with van der Waals surface area (Å²) in [7, 11) is 4.06. The van der Waals surface area contributed by atoms with Crippen LogP contribution in [0.2, 0.25) is 0 Å². The lowest BCUT2D eigenvalue weighted by molar-refractivity contribution is -0.131. The van der Waals surface area contributed by atoms with Crippen molar-refractivity contribution in [1.29, 1.82) is 0 Å².